The van der Waals surface area contributed by atoms with Crippen LogP contribution in [0.5, 0.6) is 0 Å². The number of aromatic nitrogens is 1. The molecule has 170 valence electrons. The molecule has 34 heavy (non-hydrogen) atoms. The number of nitriles is 1. The highest BCUT2D eigenvalue weighted by atomic mass is 32.1. The molecule has 0 radical (unpaired) electrons. The van der Waals surface area contributed by atoms with Crippen LogP contribution in [-0.4, -0.2) is 42.0 Å². The largest absolute Gasteiger partial charge is 0.397 e. The molecule has 1 amide bonds. The van der Waals surface area contributed by atoms with E-state index in [1.807, 2.05) is 30.3 Å². The predicted octanol–water partition coefficient (Wildman–Crippen LogP) is 4.10. The van der Waals surface area contributed by atoms with Gasteiger partial charge in [0.1, 0.15) is 33.0 Å². The molecule has 2 aromatic carbocycles. The van der Waals surface area contributed by atoms with Crippen molar-refractivity contribution in [2.75, 3.05) is 42.5 Å². The van der Waals surface area contributed by atoms with Crippen molar-refractivity contribution in [3.8, 4) is 17.2 Å². The number of carbonyl (C=O) groups excluding carboxylic acids is 1. The van der Waals surface area contributed by atoms with Gasteiger partial charge < -0.3 is 21.3 Å². The highest BCUT2D eigenvalue weighted by molar-refractivity contribution is 7.21. The van der Waals surface area contributed by atoms with E-state index in [4.69, 9.17) is 11.5 Å². The lowest BCUT2D eigenvalue weighted by Crippen LogP contribution is -2.48. The van der Waals surface area contributed by atoms with Crippen molar-refractivity contribution in [2.24, 2.45) is 0 Å². The number of amides is 1. The smallest absolute Gasteiger partial charge is 0.266 e. The van der Waals surface area contributed by atoms with E-state index in [0.717, 1.165) is 11.3 Å². The Labute approximate surface area is 199 Å². The van der Waals surface area contributed by atoms with Crippen molar-refractivity contribution >= 4 is 44.7 Å². The van der Waals surface area contributed by atoms with Gasteiger partial charge >= 0.3 is 0 Å². The molecule has 1 saturated heterocycles. The normalized spacial score (nSPS) is 13.8. The summed E-state index contributed by atoms with van der Waals surface area (Å²) in [5.41, 5.74) is 15.5. The Morgan fingerprint density at radius 2 is 1.71 bits per heavy atom. The molecule has 2 aromatic heterocycles. The van der Waals surface area contributed by atoms with E-state index in [0.29, 0.717) is 52.5 Å². The van der Waals surface area contributed by atoms with E-state index in [2.05, 4.69) is 16.0 Å². The number of hydrogen-bond acceptors (Lipinski definition) is 7. The molecule has 4 aromatic rings. The summed E-state index contributed by atoms with van der Waals surface area (Å²) in [5.74, 6) is -0.334. The summed E-state index contributed by atoms with van der Waals surface area (Å²) in [6, 6.07) is 17.9. The van der Waals surface area contributed by atoms with Gasteiger partial charge in [0.25, 0.3) is 5.91 Å². The minimum atomic E-state index is -0.276. The maximum atomic E-state index is 13.4. The van der Waals surface area contributed by atoms with Gasteiger partial charge in [-0.3, -0.25) is 4.79 Å². The number of nitrogens with two attached hydrogens (primary N) is 2. The summed E-state index contributed by atoms with van der Waals surface area (Å²) in [5, 5.41) is 10.3. The molecule has 0 aliphatic carbocycles. The van der Waals surface area contributed by atoms with Crippen molar-refractivity contribution in [1.29, 1.82) is 5.26 Å². The molecule has 7 nitrogen and oxygen atoms in total. The van der Waals surface area contributed by atoms with Crippen LogP contribution >= 0.6 is 11.3 Å². The number of fused-ring (bicyclic) bond motifs is 1. The molecular weight excluding hydrogens is 451 g/mol. The molecule has 5 rings (SSSR count). The van der Waals surface area contributed by atoms with Crippen LogP contribution in [0.15, 0.2) is 54.6 Å². The van der Waals surface area contributed by atoms with E-state index < -0.39 is 0 Å². The molecule has 0 saturated carbocycles. The van der Waals surface area contributed by atoms with Crippen molar-refractivity contribution in [3.05, 3.63) is 70.9 Å². The Morgan fingerprint density at radius 1 is 1.03 bits per heavy atom. The molecule has 0 unspecified atom stereocenters. The minimum absolute atomic E-state index is 0.113. The van der Waals surface area contributed by atoms with Gasteiger partial charge in [-0.05, 0) is 29.8 Å². The summed E-state index contributed by atoms with van der Waals surface area (Å²) in [6.07, 6.45) is 0. The minimum Gasteiger partial charge on any atom is -0.397 e. The van der Waals surface area contributed by atoms with Crippen LogP contribution in [0, 0.1) is 17.1 Å². The predicted molar refractivity (Wildman–Crippen MR) is 133 cm³/mol. The fourth-order valence-electron chi connectivity index (χ4n) is 4.30. The van der Waals surface area contributed by atoms with Crippen molar-refractivity contribution in [1.82, 2.24) is 9.88 Å². The summed E-state index contributed by atoms with van der Waals surface area (Å²) in [4.78, 5) is 22.6. The third-order valence-electron chi connectivity index (χ3n) is 6.03. The molecule has 1 fully saturated rings. The maximum absolute atomic E-state index is 13.4. The van der Waals surface area contributed by atoms with E-state index in [1.54, 1.807) is 17.0 Å². The van der Waals surface area contributed by atoms with Crippen LogP contribution < -0.4 is 16.4 Å². The molecule has 0 atom stereocenters. The first-order valence-corrected chi connectivity index (χ1v) is 11.6. The van der Waals surface area contributed by atoms with E-state index in [-0.39, 0.29) is 23.1 Å². The van der Waals surface area contributed by atoms with Gasteiger partial charge in [0, 0.05) is 42.8 Å². The summed E-state index contributed by atoms with van der Waals surface area (Å²) in [6.45, 7) is 2.27. The molecule has 0 spiro atoms. The molecule has 3 heterocycles. The summed E-state index contributed by atoms with van der Waals surface area (Å²) >= 11 is 1.19. The van der Waals surface area contributed by atoms with E-state index >= 15 is 0 Å². The third kappa shape index (κ3) is 3.68. The lowest BCUT2D eigenvalue weighted by atomic mass is 9.97. The standard InChI is InChI=1S/C25H21FN6OS/c26-16-6-8-17(9-7-16)31-10-12-32(13-11-31)25(33)22-21(28)20-19(15-4-2-1-3-5-15)18(14-27)23(29)30-24(20)34-22/h1-9H,10-13,28H2,(H2,29,30). The average molecular weight is 473 g/mol. The number of nitrogens with zero attached hydrogens (tertiary/aromatic N) is 4. The van der Waals surface area contributed by atoms with Crippen LogP contribution in [0.3, 0.4) is 0 Å². The van der Waals surface area contributed by atoms with Gasteiger partial charge in [-0.1, -0.05) is 30.3 Å². The van der Waals surface area contributed by atoms with Crippen molar-refractivity contribution in [3.63, 3.8) is 0 Å². The molecule has 0 bridgehead atoms. The topological polar surface area (TPSA) is 112 Å². The Morgan fingerprint density at radius 3 is 2.35 bits per heavy atom. The van der Waals surface area contributed by atoms with Gasteiger partial charge in [0.15, 0.2) is 0 Å². The highest BCUT2D eigenvalue weighted by Gasteiger charge is 2.28. The fourth-order valence-corrected chi connectivity index (χ4v) is 5.38. The van der Waals surface area contributed by atoms with Crippen LogP contribution in [-0.2, 0) is 0 Å². The van der Waals surface area contributed by atoms with E-state index in [9.17, 15) is 14.4 Å². The Hall–Kier alpha value is -4.16. The second kappa shape index (κ2) is 8.65. The van der Waals surface area contributed by atoms with Crippen LogP contribution in [0.1, 0.15) is 15.2 Å². The molecule has 4 N–H and O–H groups in total. The van der Waals surface area contributed by atoms with Crippen LogP contribution in [0.2, 0.25) is 0 Å². The fraction of sp³-hybridized carbons (Fsp3) is 0.160. The van der Waals surface area contributed by atoms with Gasteiger partial charge in [-0.2, -0.15) is 5.26 Å². The molecule has 9 heteroatoms. The van der Waals surface area contributed by atoms with Gasteiger partial charge in [0.2, 0.25) is 0 Å². The average Bonchev–Trinajstić information content (AvgIpc) is 3.19. The van der Waals surface area contributed by atoms with E-state index in [1.165, 1.54) is 23.5 Å². The van der Waals surface area contributed by atoms with Crippen molar-refractivity contribution < 1.29 is 9.18 Å². The first kappa shape index (κ1) is 21.7. The zero-order valence-electron chi connectivity index (χ0n) is 18.2. The molecule has 1 aliphatic heterocycles. The molecular formula is C25H21FN6OS. The van der Waals surface area contributed by atoms with Gasteiger partial charge in [-0.15, -0.1) is 11.3 Å². The number of carbonyl (C=O) groups is 1. The Balaban J connectivity index is 1.48. The zero-order chi connectivity index (χ0) is 23.8. The number of benzene rings is 2. The SMILES string of the molecule is N#Cc1c(N)nc2sc(C(=O)N3CCN(c4ccc(F)cc4)CC3)c(N)c2c1-c1ccccc1. The van der Waals surface area contributed by atoms with Crippen molar-refractivity contribution in [2.45, 2.75) is 0 Å². The van der Waals surface area contributed by atoms with Crippen LogP contribution in [0.4, 0.5) is 21.6 Å². The second-order valence-corrected chi connectivity index (χ2v) is 9.00. The number of nitrogen functional groups attached to an aromatic ring is 2. The van der Waals surface area contributed by atoms with Gasteiger partial charge in [-0.25, -0.2) is 9.37 Å². The Kier molecular flexibility index (Phi) is 5.51. The number of rotatable bonds is 3. The third-order valence-corrected chi connectivity index (χ3v) is 7.12. The lowest BCUT2D eigenvalue weighted by Gasteiger charge is -2.36. The summed E-state index contributed by atoms with van der Waals surface area (Å²) < 4.78 is 13.2. The monoisotopic (exact) mass is 472 g/mol. The number of pyridine rings is 1. The number of hydrogen-bond donors (Lipinski definition) is 2. The second-order valence-electron chi connectivity index (χ2n) is 8.01. The number of piperazine rings is 1. The zero-order valence-corrected chi connectivity index (χ0v) is 19.0. The van der Waals surface area contributed by atoms with Gasteiger partial charge in [0.05, 0.1) is 5.69 Å². The summed E-state index contributed by atoms with van der Waals surface area (Å²) in [7, 11) is 0. The number of halogens is 1. The van der Waals surface area contributed by atoms with Crippen LogP contribution in [0.25, 0.3) is 21.3 Å². The molecule has 1 aliphatic rings. The first-order valence-electron chi connectivity index (χ1n) is 10.7. The highest BCUT2D eigenvalue weighted by Crippen LogP contribution is 2.43. The quantitative estimate of drug-likeness (QED) is 0.464. The number of anilines is 3. The lowest BCUT2D eigenvalue weighted by molar-refractivity contribution is 0.0752. The maximum Gasteiger partial charge on any atom is 0.266 e. The number of thiophene rings is 1. The first-order chi connectivity index (χ1) is 16.5. The Bertz CT molecular complexity index is 1420.